The molecule has 0 aliphatic heterocycles. The van der Waals surface area contributed by atoms with Crippen LogP contribution in [0, 0.1) is 0 Å². The van der Waals surface area contributed by atoms with Gasteiger partial charge in [-0.3, -0.25) is 0 Å². The van der Waals surface area contributed by atoms with E-state index in [0.717, 1.165) is 35.0 Å². The van der Waals surface area contributed by atoms with Gasteiger partial charge in [-0.15, -0.1) is 0 Å². The fourth-order valence-electron chi connectivity index (χ4n) is 3.18. The van der Waals surface area contributed by atoms with Crippen LogP contribution in [0.1, 0.15) is 65.5 Å². The topological polar surface area (TPSA) is 38.0 Å². The van der Waals surface area contributed by atoms with Crippen LogP contribution in [0.4, 0.5) is 0 Å². The molecule has 0 radical (unpaired) electrons. The van der Waals surface area contributed by atoms with Crippen molar-refractivity contribution in [3.63, 3.8) is 0 Å². The van der Waals surface area contributed by atoms with Crippen molar-refractivity contribution >= 4 is 10.9 Å². The third-order valence-electron chi connectivity index (χ3n) is 6.03. The molecule has 0 aliphatic carbocycles. The number of benzene rings is 2. The minimum absolute atomic E-state index is 0.0353. The number of aromatic nitrogens is 2. The van der Waals surface area contributed by atoms with E-state index in [4.69, 9.17) is 5.10 Å². The molecule has 3 rings (SSSR count). The molecule has 2 aromatic carbocycles. The fraction of sp³-hybridized carbons (Fsp3) is 0.435. The predicted octanol–water partition coefficient (Wildman–Crippen LogP) is 6.11. The average Bonchev–Trinajstić information content (AvgIpc) is 3.05. The number of fused-ring (bicyclic) bond motifs is 1. The van der Waals surface area contributed by atoms with E-state index >= 15 is 0 Å². The van der Waals surface area contributed by atoms with Crippen molar-refractivity contribution in [2.75, 3.05) is 0 Å². The second-order valence-corrected chi connectivity index (χ2v) is 8.50. The van der Waals surface area contributed by atoms with Crippen LogP contribution < -0.4 is 0 Å². The third kappa shape index (κ3) is 3.11. The highest BCUT2D eigenvalue weighted by Gasteiger charge is 2.28. The lowest BCUT2D eigenvalue weighted by Gasteiger charge is -2.30. The number of aromatic hydroxyl groups is 1. The number of hydrogen-bond acceptors (Lipinski definition) is 2. The summed E-state index contributed by atoms with van der Waals surface area (Å²) >= 11 is 0. The minimum atomic E-state index is -0.106. The number of hydrogen-bond donors (Lipinski definition) is 1. The second-order valence-electron chi connectivity index (χ2n) is 8.50. The molecular weight excluding hydrogens is 320 g/mol. The van der Waals surface area contributed by atoms with Gasteiger partial charge in [0.25, 0.3) is 0 Å². The van der Waals surface area contributed by atoms with Crippen molar-refractivity contribution in [2.45, 2.75) is 65.2 Å². The van der Waals surface area contributed by atoms with Crippen LogP contribution in [0.5, 0.6) is 5.75 Å². The molecule has 0 saturated heterocycles. The molecule has 3 heteroatoms. The minimum Gasteiger partial charge on any atom is -0.505 e. The summed E-state index contributed by atoms with van der Waals surface area (Å²) in [5.41, 5.74) is 3.86. The zero-order valence-electron chi connectivity index (χ0n) is 16.8. The number of nitrogens with zero attached hydrogens (tertiary/aromatic N) is 2. The molecule has 0 aliphatic rings. The fourth-order valence-corrected chi connectivity index (χ4v) is 3.18. The monoisotopic (exact) mass is 350 g/mol. The summed E-state index contributed by atoms with van der Waals surface area (Å²) in [4.78, 5) is 0. The molecule has 0 saturated carbocycles. The molecule has 0 amide bonds. The Labute approximate surface area is 156 Å². The van der Waals surface area contributed by atoms with Gasteiger partial charge in [0.15, 0.2) is 0 Å². The number of phenolic OH excluding ortho intramolecular Hbond substituents is 1. The first-order valence-corrected chi connectivity index (χ1v) is 9.52. The van der Waals surface area contributed by atoms with Gasteiger partial charge in [0, 0.05) is 17.1 Å². The van der Waals surface area contributed by atoms with Gasteiger partial charge in [-0.05, 0) is 41.4 Å². The van der Waals surface area contributed by atoms with Crippen LogP contribution in [0.2, 0.25) is 0 Å². The molecular formula is C23H30N2O. The zero-order valence-corrected chi connectivity index (χ0v) is 16.8. The molecule has 0 spiro atoms. The molecule has 1 heterocycles. The Morgan fingerprint density at radius 2 is 1.62 bits per heavy atom. The van der Waals surface area contributed by atoms with Gasteiger partial charge in [0.2, 0.25) is 0 Å². The first-order valence-electron chi connectivity index (χ1n) is 9.52. The lowest BCUT2D eigenvalue weighted by molar-refractivity contribution is 0.421. The predicted molar refractivity (Wildman–Crippen MR) is 109 cm³/mol. The zero-order chi connectivity index (χ0) is 19.1. The lowest BCUT2D eigenvalue weighted by Crippen LogP contribution is -2.21. The maximum atomic E-state index is 11.1. The van der Waals surface area contributed by atoms with Gasteiger partial charge in [0.1, 0.15) is 11.4 Å². The van der Waals surface area contributed by atoms with E-state index in [1.165, 1.54) is 5.56 Å². The van der Waals surface area contributed by atoms with Crippen molar-refractivity contribution in [1.82, 2.24) is 9.78 Å². The summed E-state index contributed by atoms with van der Waals surface area (Å²) in [6.07, 6.45) is 3.98. The average molecular weight is 351 g/mol. The lowest BCUT2D eigenvalue weighted by atomic mass is 9.76. The van der Waals surface area contributed by atoms with Crippen LogP contribution in [-0.4, -0.2) is 14.9 Å². The van der Waals surface area contributed by atoms with Gasteiger partial charge in [-0.1, -0.05) is 65.8 Å². The Balaban J connectivity index is 2.29. The van der Waals surface area contributed by atoms with Crippen molar-refractivity contribution in [3.05, 3.63) is 53.7 Å². The van der Waals surface area contributed by atoms with E-state index in [1.807, 2.05) is 35.1 Å². The molecule has 0 atom stereocenters. The smallest absolute Gasteiger partial charge is 0.144 e. The maximum absolute atomic E-state index is 11.1. The second kappa shape index (κ2) is 6.46. The van der Waals surface area contributed by atoms with E-state index in [2.05, 4.69) is 53.7 Å². The molecule has 138 valence electrons. The largest absolute Gasteiger partial charge is 0.505 e. The van der Waals surface area contributed by atoms with Crippen molar-refractivity contribution in [2.24, 2.45) is 0 Å². The van der Waals surface area contributed by atoms with Gasteiger partial charge in [-0.25, -0.2) is 4.68 Å². The normalized spacial score (nSPS) is 12.7. The van der Waals surface area contributed by atoms with Crippen molar-refractivity contribution in [1.29, 1.82) is 0 Å². The molecule has 0 unspecified atom stereocenters. The highest BCUT2D eigenvalue weighted by molar-refractivity contribution is 5.78. The standard InChI is InChI=1S/C23H30N2O/c1-7-22(3,4)17-13-18(23(5,6)8-2)21(26)20(14-17)25-15-16-11-9-10-12-19(16)24-25/h9-15,26H,7-8H2,1-6H3. The molecule has 3 aromatic rings. The molecule has 26 heavy (non-hydrogen) atoms. The summed E-state index contributed by atoms with van der Waals surface area (Å²) in [6, 6.07) is 12.3. The quantitative estimate of drug-likeness (QED) is 0.603. The van der Waals surface area contributed by atoms with Crippen LogP contribution in [0.15, 0.2) is 42.6 Å². The molecule has 0 bridgehead atoms. The van der Waals surface area contributed by atoms with Crippen LogP contribution in [0.25, 0.3) is 16.6 Å². The summed E-state index contributed by atoms with van der Waals surface area (Å²) in [5, 5.41) is 16.9. The Hall–Kier alpha value is -2.29. The van der Waals surface area contributed by atoms with Crippen LogP contribution in [-0.2, 0) is 10.8 Å². The number of phenols is 1. The van der Waals surface area contributed by atoms with Crippen LogP contribution >= 0.6 is 0 Å². The van der Waals surface area contributed by atoms with E-state index in [0.29, 0.717) is 5.75 Å². The SMILES string of the molecule is CCC(C)(C)c1cc(-n2cc3ccccc3n2)c(O)c(C(C)(C)CC)c1. The first-order chi connectivity index (χ1) is 12.2. The summed E-state index contributed by atoms with van der Waals surface area (Å²) < 4.78 is 1.82. The maximum Gasteiger partial charge on any atom is 0.144 e. The van der Waals surface area contributed by atoms with Gasteiger partial charge in [-0.2, -0.15) is 5.10 Å². The van der Waals surface area contributed by atoms with Gasteiger partial charge >= 0.3 is 0 Å². The molecule has 1 aromatic heterocycles. The van der Waals surface area contributed by atoms with Crippen molar-refractivity contribution < 1.29 is 5.11 Å². The van der Waals surface area contributed by atoms with Gasteiger partial charge in [0.05, 0.1) is 5.52 Å². The Bertz CT molecular complexity index is 902. The molecule has 0 fully saturated rings. The van der Waals surface area contributed by atoms with Gasteiger partial charge < -0.3 is 5.11 Å². The van der Waals surface area contributed by atoms with E-state index in [-0.39, 0.29) is 10.8 Å². The van der Waals surface area contributed by atoms with Crippen molar-refractivity contribution in [3.8, 4) is 11.4 Å². The third-order valence-corrected chi connectivity index (χ3v) is 6.03. The molecule has 3 nitrogen and oxygen atoms in total. The highest BCUT2D eigenvalue weighted by Crippen LogP contribution is 2.41. The van der Waals surface area contributed by atoms with E-state index in [1.54, 1.807) is 0 Å². The van der Waals surface area contributed by atoms with Crippen LogP contribution in [0.3, 0.4) is 0 Å². The summed E-state index contributed by atoms with van der Waals surface area (Å²) in [7, 11) is 0. The van der Waals surface area contributed by atoms with E-state index in [9.17, 15) is 5.11 Å². The van der Waals surface area contributed by atoms with E-state index < -0.39 is 0 Å². The Kier molecular flexibility index (Phi) is 4.60. The summed E-state index contributed by atoms with van der Waals surface area (Å²) in [6.45, 7) is 13.3. The Morgan fingerprint density at radius 1 is 0.962 bits per heavy atom. The Morgan fingerprint density at radius 3 is 2.23 bits per heavy atom. The highest BCUT2D eigenvalue weighted by atomic mass is 16.3. The first kappa shape index (κ1) is 18.5. The molecule has 1 N–H and O–H groups in total. The summed E-state index contributed by atoms with van der Waals surface area (Å²) in [5.74, 6) is 0.334. The number of rotatable bonds is 5.